The van der Waals surface area contributed by atoms with Gasteiger partial charge in [0.15, 0.2) is 0 Å². The summed E-state index contributed by atoms with van der Waals surface area (Å²) in [7, 11) is 0.135. The zero-order valence-electron chi connectivity index (χ0n) is 12.8. The fourth-order valence-corrected chi connectivity index (χ4v) is 4.67. The fraction of sp³-hybridized carbons (Fsp3) is 0.533. The summed E-state index contributed by atoms with van der Waals surface area (Å²) in [5.74, 6) is 0.0231. The number of carbonyl (C=O) groups excluding carboxylic acids is 1. The van der Waals surface area contributed by atoms with Gasteiger partial charge in [0.05, 0.1) is 5.75 Å². The summed E-state index contributed by atoms with van der Waals surface area (Å²) in [5.41, 5.74) is 0.765. The van der Waals surface area contributed by atoms with Crippen molar-refractivity contribution in [2.75, 3.05) is 27.2 Å². The van der Waals surface area contributed by atoms with Crippen LogP contribution in [0.15, 0.2) is 28.7 Å². The van der Waals surface area contributed by atoms with Gasteiger partial charge in [0.2, 0.25) is 15.9 Å². The number of benzene rings is 1. The average Bonchev–Trinajstić information content (AvgIpc) is 2.46. The Labute approximate surface area is 140 Å². The molecule has 1 heterocycles. The first-order valence-corrected chi connectivity index (χ1v) is 9.63. The number of carbonyl (C=O) groups is 1. The van der Waals surface area contributed by atoms with Gasteiger partial charge in [-0.2, -0.15) is 0 Å². The Morgan fingerprint density at radius 2 is 1.95 bits per heavy atom. The van der Waals surface area contributed by atoms with Crippen LogP contribution in [0.3, 0.4) is 0 Å². The highest BCUT2D eigenvalue weighted by Gasteiger charge is 2.31. The van der Waals surface area contributed by atoms with Crippen LogP contribution in [-0.2, 0) is 20.6 Å². The van der Waals surface area contributed by atoms with E-state index >= 15 is 0 Å². The number of hydrogen-bond acceptors (Lipinski definition) is 3. The Morgan fingerprint density at radius 3 is 2.50 bits per heavy atom. The molecule has 0 atom stereocenters. The molecule has 22 heavy (non-hydrogen) atoms. The third kappa shape index (κ3) is 4.30. The van der Waals surface area contributed by atoms with Crippen LogP contribution in [0.5, 0.6) is 0 Å². The molecule has 0 unspecified atom stereocenters. The van der Waals surface area contributed by atoms with Crippen molar-refractivity contribution in [2.24, 2.45) is 5.92 Å². The van der Waals surface area contributed by atoms with Crippen LogP contribution in [0.2, 0.25) is 0 Å². The molecule has 7 heteroatoms. The lowest BCUT2D eigenvalue weighted by Crippen LogP contribution is -2.43. The number of nitrogens with zero attached hydrogens (tertiary/aromatic N) is 2. The van der Waals surface area contributed by atoms with Gasteiger partial charge in [0.25, 0.3) is 0 Å². The van der Waals surface area contributed by atoms with Crippen molar-refractivity contribution < 1.29 is 13.2 Å². The summed E-state index contributed by atoms with van der Waals surface area (Å²) < 4.78 is 27.4. The van der Waals surface area contributed by atoms with Crippen molar-refractivity contribution in [1.29, 1.82) is 0 Å². The third-order valence-corrected chi connectivity index (χ3v) is 6.22. The molecule has 1 aromatic rings. The largest absolute Gasteiger partial charge is 0.349 e. The van der Waals surface area contributed by atoms with Gasteiger partial charge < -0.3 is 4.90 Å². The van der Waals surface area contributed by atoms with Crippen molar-refractivity contribution in [1.82, 2.24) is 9.21 Å². The average molecular weight is 389 g/mol. The Kier molecular flexibility index (Phi) is 5.63. The van der Waals surface area contributed by atoms with E-state index in [-0.39, 0.29) is 17.6 Å². The molecule has 1 amide bonds. The molecule has 122 valence electrons. The summed E-state index contributed by atoms with van der Waals surface area (Å²) in [6.45, 7) is 0.834. The standard InChI is InChI=1S/C15H21BrN2O3S/c1-17(2)15(19)13-6-8-18(9-7-13)22(20,21)11-12-4-3-5-14(16)10-12/h3-5,10,13H,6-9,11H2,1-2H3. The van der Waals surface area contributed by atoms with Crippen LogP contribution >= 0.6 is 15.9 Å². The Morgan fingerprint density at radius 1 is 1.32 bits per heavy atom. The van der Waals surface area contributed by atoms with E-state index in [1.807, 2.05) is 24.3 Å². The summed E-state index contributed by atoms with van der Waals surface area (Å²) in [4.78, 5) is 13.5. The normalized spacial score (nSPS) is 17.4. The third-order valence-electron chi connectivity index (χ3n) is 3.88. The lowest BCUT2D eigenvalue weighted by molar-refractivity contribution is -0.134. The highest BCUT2D eigenvalue weighted by atomic mass is 79.9. The predicted octanol–water partition coefficient (Wildman–Crippen LogP) is 2.08. The van der Waals surface area contributed by atoms with Crippen molar-refractivity contribution >= 4 is 31.9 Å². The van der Waals surface area contributed by atoms with Gasteiger partial charge in [-0.25, -0.2) is 12.7 Å². The van der Waals surface area contributed by atoms with E-state index in [1.165, 1.54) is 4.31 Å². The Hall–Kier alpha value is -0.920. The van der Waals surface area contributed by atoms with Crippen LogP contribution < -0.4 is 0 Å². The van der Waals surface area contributed by atoms with E-state index in [9.17, 15) is 13.2 Å². The summed E-state index contributed by atoms with van der Waals surface area (Å²) in [6, 6.07) is 7.33. The topological polar surface area (TPSA) is 57.7 Å². The summed E-state index contributed by atoms with van der Waals surface area (Å²) >= 11 is 3.35. The van der Waals surface area contributed by atoms with Crippen molar-refractivity contribution in [3.63, 3.8) is 0 Å². The molecule has 1 fully saturated rings. The van der Waals surface area contributed by atoms with E-state index in [0.29, 0.717) is 25.9 Å². The van der Waals surface area contributed by atoms with E-state index in [0.717, 1.165) is 10.0 Å². The molecule has 0 saturated carbocycles. The smallest absolute Gasteiger partial charge is 0.225 e. The first-order chi connectivity index (χ1) is 10.3. The molecule has 0 aromatic heterocycles. The maximum Gasteiger partial charge on any atom is 0.225 e. The number of amides is 1. The maximum atomic E-state index is 12.5. The molecule has 0 spiro atoms. The van der Waals surface area contributed by atoms with Gasteiger partial charge in [-0.15, -0.1) is 0 Å². The van der Waals surface area contributed by atoms with Gasteiger partial charge in [0, 0.05) is 37.6 Å². The fourth-order valence-electron chi connectivity index (χ4n) is 2.67. The Balaban J connectivity index is 1.99. The molecule has 0 radical (unpaired) electrons. The van der Waals surface area contributed by atoms with Crippen LogP contribution in [0.4, 0.5) is 0 Å². The first kappa shape index (κ1) is 17.4. The van der Waals surface area contributed by atoms with Crippen LogP contribution in [-0.4, -0.2) is 50.7 Å². The number of piperidine rings is 1. The second-order valence-corrected chi connectivity index (χ2v) is 8.68. The van der Waals surface area contributed by atoms with Crippen LogP contribution in [0, 0.1) is 5.92 Å². The molecule has 0 aliphatic carbocycles. The van der Waals surface area contributed by atoms with Crippen molar-refractivity contribution in [2.45, 2.75) is 18.6 Å². The van der Waals surface area contributed by atoms with E-state index in [4.69, 9.17) is 0 Å². The second kappa shape index (κ2) is 7.10. The highest BCUT2D eigenvalue weighted by Crippen LogP contribution is 2.23. The lowest BCUT2D eigenvalue weighted by Gasteiger charge is -2.31. The predicted molar refractivity (Wildman–Crippen MR) is 89.8 cm³/mol. The number of hydrogen-bond donors (Lipinski definition) is 0. The van der Waals surface area contributed by atoms with E-state index < -0.39 is 10.0 Å². The minimum atomic E-state index is -3.33. The second-order valence-electron chi connectivity index (χ2n) is 5.79. The maximum absolute atomic E-state index is 12.5. The molecule has 1 saturated heterocycles. The SMILES string of the molecule is CN(C)C(=O)C1CCN(S(=O)(=O)Cc2cccc(Br)c2)CC1. The summed E-state index contributed by atoms with van der Waals surface area (Å²) in [6.07, 6.45) is 1.18. The molecule has 5 nitrogen and oxygen atoms in total. The molecule has 0 N–H and O–H groups in total. The molecular formula is C15H21BrN2O3S. The van der Waals surface area contributed by atoms with Gasteiger partial charge >= 0.3 is 0 Å². The quantitative estimate of drug-likeness (QED) is 0.793. The zero-order valence-corrected chi connectivity index (χ0v) is 15.2. The number of rotatable bonds is 4. The van der Waals surface area contributed by atoms with Gasteiger partial charge in [-0.3, -0.25) is 4.79 Å². The number of halogens is 1. The molecule has 0 bridgehead atoms. The number of sulfonamides is 1. The van der Waals surface area contributed by atoms with Gasteiger partial charge in [-0.05, 0) is 30.5 Å². The van der Waals surface area contributed by atoms with Crippen molar-refractivity contribution in [3.05, 3.63) is 34.3 Å². The van der Waals surface area contributed by atoms with Gasteiger partial charge in [-0.1, -0.05) is 28.1 Å². The van der Waals surface area contributed by atoms with E-state index in [2.05, 4.69) is 15.9 Å². The van der Waals surface area contributed by atoms with Crippen LogP contribution in [0.1, 0.15) is 18.4 Å². The lowest BCUT2D eigenvalue weighted by atomic mass is 9.97. The molecular weight excluding hydrogens is 368 g/mol. The summed E-state index contributed by atoms with van der Waals surface area (Å²) in [5, 5.41) is 0. The minimum Gasteiger partial charge on any atom is -0.349 e. The van der Waals surface area contributed by atoms with E-state index in [1.54, 1.807) is 19.0 Å². The first-order valence-electron chi connectivity index (χ1n) is 7.23. The molecule has 2 rings (SSSR count). The van der Waals surface area contributed by atoms with Gasteiger partial charge in [0.1, 0.15) is 0 Å². The zero-order chi connectivity index (χ0) is 16.3. The molecule has 1 aliphatic heterocycles. The minimum absolute atomic E-state index is 0.00126. The monoisotopic (exact) mass is 388 g/mol. The molecule has 1 aromatic carbocycles. The highest BCUT2D eigenvalue weighted by molar-refractivity contribution is 9.10. The van der Waals surface area contributed by atoms with Crippen LogP contribution in [0.25, 0.3) is 0 Å². The molecule has 1 aliphatic rings. The Bertz CT molecular complexity index is 638. The van der Waals surface area contributed by atoms with Crippen molar-refractivity contribution in [3.8, 4) is 0 Å².